The van der Waals surface area contributed by atoms with E-state index in [0.29, 0.717) is 30.4 Å². The predicted octanol–water partition coefficient (Wildman–Crippen LogP) is 6.65. The van der Waals surface area contributed by atoms with E-state index in [2.05, 4.69) is 86.8 Å². The van der Waals surface area contributed by atoms with Gasteiger partial charge in [0.05, 0.1) is 23.6 Å². The number of piperazine rings is 1. The molecule has 3 saturated heterocycles. The molecule has 2 aromatic carbocycles. The summed E-state index contributed by atoms with van der Waals surface area (Å²) in [5.41, 5.74) is 8.24. The minimum atomic E-state index is -0.407. The Labute approximate surface area is 366 Å². The van der Waals surface area contributed by atoms with Crippen LogP contribution in [0.5, 0.6) is 0 Å². The van der Waals surface area contributed by atoms with Gasteiger partial charge in [0.2, 0.25) is 5.91 Å². The van der Waals surface area contributed by atoms with Crippen LogP contribution in [0.15, 0.2) is 77.7 Å². The highest BCUT2D eigenvalue weighted by Gasteiger charge is 2.28. The second-order valence-electron chi connectivity index (χ2n) is 18.0. The molecule has 63 heavy (non-hydrogen) atoms. The summed E-state index contributed by atoms with van der Waals surface area (Å²) in [5.74, 6) is 1.38. The molecule has 0 spiro atoms. The Morgan fingerprint density at radius 1 is 0.873 bits per heavy atom. The van der Waals surface area contributed by atoms with Crippen molar-refractivity contribution < 1.29 is 18.9 Å². The number of hydrogen-bond acceptors (Lipinski definition) is 12. The molecule has 16 nitrogen and oxygen atoms in total. The van der Waals surface area contributed by atoms with Crippen LogP contribution in [0.25, 0.3) is 33.5 Å². The number of carbonyl (C=O) groups excluding carboxylic acids is 3. The Kier molecular flexibility index (Phi) is 11.4. The van der Waals surface area contributed by atoms with Crippen molar-refractivity contribution in [3.63, 3.8) is 0 Å². The summed E-state index contributed by atoms with van der Waals surface area (Å²) >= 11 is 0. The number of anilines is 3. The molecule has 3 aliphatic heterocycles. The van der Waals surface area contributed by atoms with E-state index in [-0.39, 0.29) is 29.3 Å². The van der Waals surface area contributed by atoms with Gasteiger partial charge in [0, 0.05) is 86.5 Å². The molecule has 0 saturated carbocycles. The molecule has 0 bridgehead atoms. The fourth-order valence-electron chi connectivity index (χ4n) is 8.88. The van der Waals surface area contributed by atoms with Gasteiger partial charge in [-0.1, -0.05) is 50.2 Å². The maximum Gasteiger partial charge on any atom is 0.328 e. The average molecular weight is 851 g/mol. The standard InChI is InChI=1S/C47H54N12O4/c1-29-24-33(8-12-36(29)30(2)51-43(61)44-54-45(55-63-44)47(3,4)5)41-37-25-38(52-42(37)50-28-49-41)32-6-9-34(10-7-32)57-22-20-56(21-23-57)27-31-14-17-58(18-15-31)39-13-11-35(26-48-39)59-19-16-40(60)53-46(59)62/h6-13,24-26,28,30-31H,14-23,27H2,1-5H3,(H,51,61)(H,49,50,52)(H,53,60,62)/t30-/m1/s1. The number of benzene rings is 2. The number of nitrogens with one attached hydrogen (secondary N) is 3. The molecule has 16 heteroatoms. The summed E-state index contributed by atoms with van der Waals surface area (Å²) in [5, 5.41) is 10.3. The first-order valence-electron chi connectivity index (χ1n) is 21.9. The lowest BCUT2D eigenvalue weighted by Crippen LogP contribution is -2.49. The molecule has 3 N–H and O–H groups in total. The minimum Gasteiger partial charge on any atom is -0.369 e. The highest BCUT2D eigenvalue weighted by atomic mass is 16.5. The Morgan fingerprint density at radius 2 is 1.62 bits per heavy atom. The van der Waals surface area contributed by atoms with E-state index in [4.69, 9.17) is 9.51 Å². The van der Waals surface area contributed by atoms with Gasteiger partial charge in [-0.15, -0.1) is 0 Å². The van der Waals surface area contributed by atoms with Crippen LogP contribution >= 0.6 is 0 Å². The van der Waals surface area contributed by atoms with Crippen molar-refractivity contribution in [3.8, 4) is 22.5 Å². The summed E-state index contributed by atoms with van der Waals surface area (Å²) in [6.45, 7) is 17.3. The zero-order valence-corrected chi connectivity index (χ0v) is 36.5. The minimum absolute atomic E-state index is 0.0468. The molecule has 3 fully saturated rings. The van der Waals surface area contributed by atoms with Gasteiger partial charge in [0.25, 0.3) is 0 Å². The van der Waals surface area contributed by atoms with Crippen molar-refractivity contribution in [3.05, 3.63) is 96.0 Å². The van der Waals surface area contributed by atoms with E-state index in [1.807, 2.05) is 58.9 Å². The van der Waals surface area contributed by atoms with Crippen LogP contribution in [0, 0.1) is 12.8 Å². The first kappa shape index (κ1) is 41.7. The second kappa shape index (κ2) is 17.2. The van der Waals surface area contributed by atoms with E-state index in [0.717, 1.165) is 109 Å². The van der Waals surface area contributed by atoms with Gasteiger partial charge < -0.3 is 24.6 Å². The number of aryl methyl sites for hydroxylation is 1. The molecule has 6 aromatic rings. The second-order valence-corrected chi connectivity index (χ2v) is 18.0. The van der Waals surface area contributed by atoms with Crippen LogP contribution in [0.4, 0.5) is 22.0 Å². The number of carbonyl (C=O) groups is 3. The van der Waals surface area contributed by atoms with Gasteiger partial charge in [-0.3, -0.25) is 24.7 Å². The topological polar surface area (TPSA) is 182 Å². The number of aromatic amines is 1. The lowest BCUT2D eigenvalue weighted by molar-refractivity contribution is -0.120. The molecule has 4 aromatic heterocycles. The van der Waals surface area contributed by atoms with Gasteiger partial charge in [-0.2, -0.15) is 4.98 Å². The summed E-state index contributed by atoms with van der Waals surface area (Å²) < 4.78 is 5.25. The molecule has 4 amide bonds. The molecule has 0 unspecified atom stereocenters. The number of piperidine rings is 1. The smallest absolute Gasteiger partial charge is 0.328 e. The van der Waals surface area contributed by atoms with Crippen molar-refractivity contribution in [2.75, 3.05) is 67.1 Å². The summed E-state index contributed by atoms with van der Waals surface area (Å²) in [7, 11) is 0. The van der Waals surface area contributed by atoms with Crippen LogP contribution in [-0.4, -0.2) is 105 Å². The van der Waals surface area contributed by atoms with Crippen LogP contribution in [0.3, 0.4) is 0 Å². The zero-order valence-electron chi connectivity index (χ0n) is 36.5. The van der Waals surface area contributed by atoms with Crippen molar-refractivity contribution in [1.82, 2.24) is 45.6 Å². The maximum atomic E-state index is 12.9. The molecule has 1 atom stereocenters. The fraction of sp³-hybridized carbons (Fsp3) is 0.404. The molecule has 7 heterocycles. The van der Waals surface area contributed by atoms with Gasteiger partial charge in [-0.25, -0.2) is 19.7 Å². The van der Waals surface area contributed by atoms with Gasteiger partial charge >= 0.3 is 17.8 Å². The highest BCUT2D eigenvalue weighted by Crippen LogP contribution is 2.33. The number of aromatic nitrogens is 6. The number of amides is 4. The molecule has 0 aliphatic carbocycles. The normalized spacial score (nSPS) is 17.3. The predicted molar refractivity (Wildman–Crippen MR) is 242 cm³/mol. The van der Waals surface area contributed by atoms with E-state index in [1.54, 1.807) is 17.4 Å². The number of H-pyrrole nitrogens is 1. The van der Waals surface area contributed by atoms with E-state index < -0.39 is 5.91 Å². The third-order valence-electron chi connectivity index (χ3n) is 12.5. The van der Waals surface area contributed by atoms with Crippen LogP contribution in [-0.2, 0) is 10.2 Å². The lowest BCUT2D eigenvalue weighted by atomic mass is 9.96. The lowest BCUT2D eigenvalue weighted by Gasteiger charge is -2.40. The van der Waals surface area contributed by atoms with Crippen molar-refractivity contribution >= 4 is 46.1 Å². The van der Waals surface area contributed by atoms with Gasteiger partial charge in [0.15, 0.2) is 5.82 Å². The third kappa shape index (κ3) is 8.98. The number of rotatable bonds is 10. The number of pyridine rings is 1. The molecule has 9 rings (SSSR count). The quantitative estimate of drug-likeness (QED) is 0.134. The molecule has 326 valence electrons. The van der Waals surface area contributed by atoms with E-state index in [9.17, 15) is 14.4 Å². The summed E-state index contributed by atoms with van der Waals surface area (Å²) in [6, 6.07) is 20.3. The van der Waals surface area contributed by atoms with Crippen molar-refractivity contribution in [1.29, 1.82) is 0 Å². The molecular formula is C47H54N12O4. The van der Waals surface area contributed by atoms with E-state index in [1.165, 1.54) is 5.69 Å². The first-order valence-corrected chi connectivity index (χ1v) is 21.9. The highest BCUT2D eigenvalue weighted by molar-refractivity contribution is 6.05. The van der Waals surface area contributed by atoms with E-state index >= 15 is 0 Å². The number of nitrogens with zero attached hydrogens (tertiary/aromatic N) is 9. The zero-order chi connectivity index (χ0) is 43.8. The van der Waals surface area contributed by atoms with Crippen molar-refractivity contribution in [2.45, 2.75) is 65.3 Å². The summed E-state index contributed by atoms with van der Waals surface area (Å²) in [4.78, 5) is 67.4. The Hall–Kier alpha value is -6.68. The number of hydrogen-bond donors (Lipinski definition) is 3. The molecule has 3 aliphatic rings. The van der Waals surface area contributed by atoms with Crippen LogP contribution < -0.4 is 25.3 Å². The average Bonchev–Trinajstić information content (AvgIpc) is 3.97. The fourth-order valence-corrected chi connectivity index (χ4v) is 8.88. The SMILES string of the molecule is Cc1cc(-c2ncnc3[nH]c(-c4ccc(N5CCN(CC6CCN(c7ccc(N8CCC(=O)NC8=O)cn7)CC6)CC5)cc4)cc23)ccc1[C@@H](C)NC(=O)c1nc(C(C)(C)C)no1. The van der Waals surface area contributed by atoms with Crippen LogP contribution in [0.1, 0.15) is 80.6 Å². The Balaban J connectivity index is 0.768. The molecule has 0 radical (unpaired) electrons. The molecular weight excluding hydrogens is 797 g/mol. The number of imide groups is 1. The first-order chi connectivity index (χ1) is 30.4. The van der Waals surface area contributed by atoms with Gasteiger partial charge in [-0.05, 0) is 85.7 Å². The van der Waals surface area contributed by atoms with Crippen molar-refractivity contribution in [2.24, 2.45) is 5.92 Å². The Morgan fingerprint density at radius 3 is 2.30 bits per heavy atom. The monoisotopic (exact) mass is 850 g/mol. The maximum absolute atomic E-state index is 12.9. The Bertz CT molecular complexity index is 2620. The largest absolute Gasteiger partial charge is 0.369 e. The third-order valence-corrected chi connectivity index (χ3v) is 12.5. The number of fused-ring (bicyclic) bond motifs is 1. The van der Waals surface area contributed by atoms with Gasteiger partial charge in [0.1, 0.15) is 17.8 Å². The summed E-state index contributed by atoms with van der Waals surface area (Å²) in [6.07, 6.45) is 5.87. The van der Waals surface area contributed by atoms with Crippen LogP contribution in [0.2, 0.25) is 0 Å². The number of urea groups is 1.